The molecular weight excluding hydrogens is 268 g/mol. The number of carbonyl (C=O) groups excluding carboxylic acids is 1. The van der Waals surface area contributed by atoms with Gasteiger partial charge in [0.15, 0.2) is 0 Å². The zero-order chi connectivity index (χ0) is 15.1. The number of nitrogens with zero attached hydrogens (tertiary/aromatic N) is 1. The van der Waals surface area contributed by atoms with Crippen molar-refractivity contribution in [2.45, 2.75) is 32.1 Å². The molecule has 1 aromatic rings. The van der Waals surface area contributed by atoms with Gasteiger partial charge >= 0.3 is 6.09 Å². The van der Waals surface area contributed by atoms with Gasteiger partial charge in [-0.2, -0.15) is 4.99 Å². The number of ether oxygens (including phenoxy) is 1. The second-order valence-electron chi connectivity index (χ2n) is 5.12. The number of amides is 1. The maximum atomic E-state index is 11.6. The molecule has 1 amide bonds. The molecule has 1 saturated carbocycles. The first-order valence-electron chi connectivity index (χ1n) is 7.17. The summed E-state index contributed by atoms with van der Waals surface area (Å²) in [6.45, 7) is 0. The van der Waals surface area contributed by atoms with Crippen LogP contribution in [0, 0.1) is 5.92 Å². The fourth-order valence-electron chi connectivity index (χ4n) is 2.42. The highest BCUT2D eigenvalue weighted by Crippen LogP contribution is 2.28. The Hall–Kier alpha value is -2.30. The summed E-state index contributed by atoms with van der Waals surface area (Å²) in [4.78, 5) is 15.2. The van der Waals surface area contributed by atoms with Crippen LogP contribution in [0.3, 0.4) is 0 Å². The highest BCUT2D eigenvalue weighted by molar-refractivity contribution is 5.98. The van der Waals surface area contributed by atoms with Gasteiger partial charge in [0.05, 0.1) is 5.76 Å². The van der Waals surface area contributed by atoms with E-state index in [1.54, 1.807) is 24.3 Å². The highest BCUT2D eigenvalue weighted by Gasteiger charge is 2.17. The number of rotatable bonds is 3. The van der Waals surface area contributed by atoms with Crippen molar-refractivity contribution in [1.82, 2.24) is 0 Å². The number of nitrogens with two attached hydrogens (primary N) is 1. The van der Waals surface area contributed by atoms with Crippen LogP contribution in [-0.2, 0) is 0 Å². The van der Waals surface area contributed by atoms with Crippen molar-refractivity contribution in [3.63, 3.8) is 0 Å². The Kier molecular flexibility index (Phi) is 5.37. The first-order valence-corrected chi connectivity index (χ1v) is 7.17. The molecule has 21 heavy (non-hydrogen) atoms. The largest absolute Gasteiger partial charge is 0.512 e. The number of aliphatic hydroxyl groups is 1. The van der Waals surface area contributed by atoms with Crippen molar-refractivity contribution in [2.75, 3.05) is 0 Å². The first kappa shape index (κ1) is 15.1. The monoisotopic (exact) mass is 290 g/mol. The van der Waals surface area contributed by atoms with E-state index in [4.69, 9.17) is 10.5 Å². The van der Waals surface area contributed by atoms with Crippen LogP contribution in [0.5, 0.6) is 5.75 Å². The number of hydrogen-bond acceptors (Lipinski definition) is 3. The molecule has 0 spiro atoms. The smallest absolute Gasteiger partial charge is 0.441 e. The highest BCUT2D eigenvalue weighted by atomic mass is 16.5. The lowest BCUT2D eigenvalue weighted by molar-refractivity contribution is 0.211. The average molecular weight is 290 g/mol. The van der Waals surface area contributed by atoms with Crippen LogP contribution in [0.15, 0.2) is 47.2 Å². The number of hydrogen-bond donors (Lipinski definition) is 2. The summed E-state index contributed by atoms with van der Waals surface area (Å²) in [6, 6.07) is 8.63. The molecule has 2 rings (SSSR count). The van der Waals surface area contributed by atoms with E-state index < -0.39 is 6.09 Å². The molecule has 0 saturated heterocycles. The number of aliphatic hydroxyl groups excluding tert-OH is 1. The molecule has 5 heteroatoms. The Labute approximate surface area is 125 Å². The van der Waals surface area contributed by atoms with Gasteiger partial charge in [0, 0.05) is 13.4 Å². The van der Waals surface area contributed by atoms with Gasteiger partial charge in [-0.25, -0.2) is 4.79 Å². The van der Waals surface area contributed by atoms with Gasteiger partial charge in [-0.15, -0.1) is 0 Å². The molecule has 0 aliphatic heterocycles. The van der Waals surface area contributed by atoms with Crippen LogP contribution in [-0.4, -0.2) is 17.0 Å². The molecule has 1 aliphatic carbocycles. The molecule has 1 aromatic carbocycles. The zero-order valence-corrected chi connectivity index (χ0v) is 11.9. The van der Waals surface area contributed by atoms with Gasteiger partial charge in [0.1, 0.15) is 11.6 Å². The third-order valence-corrected chi connectivity index (χ3v) is 3.49. The lowest BCUT2D eigenvalue weighted by atomic mass is 9.88. The lowest BCUT2D eigenvalue weighted by Crippen LogP contribution is -2.17. The molecule has 0 bridgehead atoms. The number of para-hydroxylation sites is 1. The molecule has 0 unspecified atom stereocenters. The van der Waals surface area contributed by atoms with Crippen LogP contribution < -0.4 is 10.5 Å². The number of aliphatic imine (C=N–C) groups is 1. The summed E-state index contributed by atoms with van der Waals surface area (Å²) < 4.78 is 4.99. The number of benzene rings is 1. The van der Waals surface area contributed by atoms with Crippen molar-refractivity contribution < 1.29 is 16.1 Å². The zero-order valence-electron chi connectivity index (χ0n) is 11.9. The van der Waals surface area contributed by atoms with Crippen molar-refractivity contribution in [1.29, 1.82) is 0 Å². The predicted octanol–water partition coefficient (Wildman–Crippen LogP) is 3.81. The molecule has 1 fully saturated rings. The minimum absolute atomic E-state index is 0. The fraction of sp³-hybridized carbons (Fsp3) is 0.375. The van der Waals surface area contributed by atoms with Gasteiger partial charge < -0.3 is 15.6 Å². The van der Waals surface area contributed by atoms with Gasteiger partial charge in [-0.3, -0.25) is 0 Å². The molecule has 0 aromatic heterocycles. The van der Waals surface area contributed by atoms with Gasteiger partial charge in [-0.1, -0.05) is 37.5 Å². The Morgan fingerprint density at radius 3 is 2.62 bits per heavy atom. The Morgan fingerprint density at radius 2 is 1.95 bits per heavy atom. The van der Waals surface area contributed by atoms with E-state index in [1.807, 2.05) is 6.07 Å². The first-order chi connectivity index (χ1) is 10.1. The molecule has 1 aliphatic rings. The van der Waals surface area contributed by atoms with Crippen molar-refractivity contribution in [3.05, 3.63) is 42.2 Å². The van der Waals surface area contributed by atoms with Crippen LogP contribution in [0.25, 0.3) is 0 Å². The van der Waals surface area contributed by atoms with E-state index in [1.165, 1.54) is 12.5 Å². The minimum Gasteiger partial charge on any atom is -0.512 e. The lowest BCUT2D eigenvalue weighted by Gasteiger charge is -2.20. The maximum Gasteiger partial charge on any atom is 0.441 e. The van der Waals surface area contributed by atoms with E-state index in [2.05, 4.69) is 4.99 Å². The second kappa shape index (κ2) is 7.47. The fourth-order valence-corrected chi connectivity index (χ4v) is 2.42. The van der Waals surface area contributed by atoms with Gasteiger partial charge in [-0.05, 0) is 25.0 Å². The average Bonchev–Trinajstić information content (AvgIpc) is 2.48. The summed E-state index contributed by atoms with van der Waals surface area (Å²) in [5, 5.41) is 10.00. The number of carbonyl (C=O) groups is 1. The van der Waals surface area contributed by atoms with Crippen molar-refractivity contribution in [2.24, 2.45) is 16.6 Å². The van der Waals surface area contributed by atoms with Gasteiger partial charge in [0.2, 0.25) is 0 Å². The SMILES string of the molecule is NC(/C=C(\O)C1CCCCC1)=N/C(=O)Oc1ccccc1.[HH]. The van der Waals surface area contributed by atoms with E-state index in [9.17, 15) is 9.90 Å². The molecule has 3 N–H and O–H groups in total. The Bertz CT molecular complexity index is 538. The number of amidine groups is 1. The summed E-state index contributed by atoms with van der Waals surface area (Å²) >= 11 is 0. The maximum absolute atomic E-state index is 11.6. The molecule has 0 heterocycles. The Balaban J connectivity index is 0.00000242. The van der Waals surface area contributed by atoms with E-state index >= 15 is 0 Å². The topological polar surface area (TPSA) is 84.9 Å². The number of allylic oxidation sites excluding steroid dienone is 1. The quantitative estimate of drug-likeness (QED) is 0.503. The summed E-state index contributed by atoms with van der Waals surface area (Å²) in [6.07, 6.45) is 5.87. The molecule has 0 atom stereocenters. The van der Waals surface area contributed by atoms with Crippen LogP contribution in [0.1, 0.15) is 33.5 Å². The second-order valence-corrected chi connectivity index (χ2v) is 5.12. The summed E-state index contributed by atoms with van der Waals surface area (Å²) in [5.74, 6) is 0.680. The van der Waals surface area contributed by atoms with Crippen molar-refractivity contribution in [3.8, 4) is 5.75 Å². The molecule has 114 valence electrons. The third kappa shape index (κ3) is 4.95. The third-order valence-electron chi connectivity index (χ3n) is 3.49. The predicted molar refractivity (Wildman–Crippen MR) is 83.5 cm³/mol. The van der Waals surface area contributed by atoms with Crippen molar-refractivity contribution >= 4 is 11.9 Å². The van der Waals surface area contributed by atoms with E-state index in [0.717, 1.165) is 25.7 Å². The normalized spacial score (nSPS) is 17.5. The minimum atomic E-state index is -0.800. The molecule has 0 radical (unpaired) electrons. The van der Waals surface area contributed by atoms with Crippen LogP contribution >= 0.6 is 0 Å². The van der Waals surface area contributed by atoms with Crippen LogP contribution in [0.2, 0.25) is 0 Å². The van der Waals surface area contributed by atoms with E-state index in [0.29, 0.717) is 5.75 Å². The standard InChI is InChI=1S/C16H20N2O3.H2/c17-15(11-14(19)12-7-3-1-4-8-12)18-16(20)21-13-9-5-2-6-10-13;/h2,5-6,9-12,19H,1,3-4,7-8H2,(H2,17,18,20);1H/b14-11-;. The summed E-state index contributed by atoms with van der Waals surface area (Å²) in [7, 11) is 0. The van der Waals surface area contributed by atoms with Gasteiger partial charge in [0.25, 0.3) is 0 Å². The molecular formula is C16H22N2O3. The van der Waals surface area contributed by atoms with E-state index in [-0.39, 0.29) is 18.9 Å². The summed E-state index contributed by atoms with van der Waals surface area (Å²) in [5.41, 5.74) is 5.65. The Morgan fingerprint density at radius 1 is 1.29 bits per heavy atom. The molecule has 5 nitrogen and oxygen atoms in total. The van der Waals surface area contributed by atoms with Crippen LogP contribution in [0.4, 0.5) is 4.79 Å².